The largest absolute Gasteiger partial charge is 0.416 e. The van der Waals surface area contributed by atoms with Gasteiger partial charge in [0.15, 0.2) is 0 Å². The number of amidine groups is 1. The third kappa shape index (κ3) is 9.15. The maximum absolute atomic E-state index is 13.4. The maximum atomic E-state index is 13.4. The average Bonchev–Trinajstić information content (AvgIpc) is 3.43. The minimum absolute atomic E-state index is 0.0161. The zero-order valence-electron chi connectivity index (χ0n) is 26.0. The SMILES string of the molecule is CC(=O)N[C@@H]1CCN(C(=O)c2ccc(CCS(=O)(=O)N3CCCCC(C(=O)N=C(N)c4cccc(C(F)(F)F)c4)CC3)c(C)c2)C1. The summed E-state index contributed by atoms with van der Waals surface area (Å²) >= 11 is 0. The van der Waals surface area contributed by atoms with E-state index in [0.29, 0.717) is 50.9 Å². The summed E-state index contributed by atoms with van der Waals surface area (Å²) in [5.41, 5.74) is 7.08. The summed E-state index contributed by atoms with van der Waals surface area (Å²) in [4.78, 5) is 42.9. The molecule has 1 unspecified atom stereocenters. The Hall–Kier alpha value is -3.78. The second-order valence-electron chi connectivity index (χ2n) is 11.9. The van der Waals surface area contributed by atoms with Gasteiger partial charge < -0.3 is 16.0 Å². The van der Waals surface area contributed by atoms with Gasteiger partial charge in [-0.1, -0.05) is 24.6 Å². The molecule has 0 aromatic heterocycles. The minimum Gasteiger partial charge on any atom is -0.383 e. The number of alkyl halides is 3. The lowest BCUT2D eigenvalue weighted by Gasteiger charge is -2.27. The Morgan fingerprint density at radius 1 is 1.00 bits per heavy atom. The summed E-state index contributed by atoms with van der Waals surface area (Å²) in [7, 11) is -3.68. The predicted molar refractivity (Wildman–Crippen MR) is 168 cm³/mol. The van der Waals surface area contributed by atoms with Gasteiger partial charge in [0.25, 0.3) is 11.8 Å². The summed E-state index contributed by atoms with van der Waals surface area (Å²) < 4.78 is 67.4. The highest BCUT2D eigenvalue weighted by Crippen LogP contribution is 2.30. The number of likely N-dealkylation sites (tertiary alicyclic amines) is 1. The highest BCUT2D eigenvalue weighted by molar-refractivity contribution is 7.89. The van der Waals surface area contributed by atoms with Crippen molar-refractivity contribution >= 4 is 33.6 Å². The van der Waals surface area contributed by atoms with Gasteiger partial charge in [0.05, 0.1) is 11.3 Å². The lowest BCUT2D eigenvalue weighted by Crippen LogP contribution is -2.38. The Kier molecular flexibility index (Phi) is 11.3. The van der Waals surface area contributed by atoms with E-state index in [2.05, 4.69) is 10.3 Å². The molecule has 2 aliphatic heterocycles. The third-order valence-corrected chi connectivity index (χ3v) is 10.4. The Morgan fingerprint density at radius 3 is 2.46 bits per heavy atom. The van der Waals surface area contributed by atoms with Gasteiger partial charge in [-0.2, -0.15) is 18.2 Å². The summed E-state index contributed by atoms with van der Waals surface area (Å²) in [6, 6.07) is 9.44. The molecule has 0 saturated carbocycles. The molecule has 3 amide bonds. The quantitative estimate of drug-likeness (QED) is 0.326. The van der Waals surface area contributed by atoms with Crippen molar-refractivity contribution < 1.29 is 36.0 Å². The second kappa shape index (κ2) is 14.8. The molecule has 0 aliphatic carbocycles. The number of halogens is 3. The number of benzene rings is 2. The van der Waals surface area contributed by atoms with E-state index < -0.39 is 33.6 Å². The van der Waals surface area contributed by atoms with Gasteiger partial charge in [-0.15, -0.1) is 0 Å². The van der Waals surface area contributed by atoms with E-state index in [1.54, 1.807) is 23.1 Å². The fourth-order valence-corrected chi connectivity index (χ4v) is 7.43. The Morgan fingerprint density at radius 2 is 1.76 bits per heavy atom. The van der Waals surface area contributed by atoms with Crippen LogP contribution in [0.1, 0.15) is 71.6 Å². The first kappa shape index (κ1) is 35.1. The van der Waals surface area contributed by atoms with Gasteiger partial charge in [-0.05, 0) is 74.4 Å². The fourth-order valence-electron chi connectivity index (χ4n) is 5.90. The molecule has 14 heteroatoms. The number of hydrogen-bond donors (Lipinski definition) is 2. The van der Waals surface area contributed by atoms with E-state index >= 15 is 0 Å². The monoisotopic (exact) mass is 663 g/mol. The molecule has 2 atom stereocenters. The van der Waals surface area contributed by atoms with Crippen LogP contribution >= 0.6 is 0 Å². The number of nitrogens with one attached hydrogen (secondary N) is 1. The standard InChI is InChI=1S/C32H40F3N5O5S/c1-21-18-26(31(43)39-15-12-28(20-39)37-22(2)41)10-9-23(21)13-17-46(44,45)40-14-4-3-6-24(11-16-40)30(42)38-29(36)25-7-5-8-27(19-25)32(33,34)35/h5,7-10,18-19,24,28H,3-4,6,11-17,20H2,1-2H3,(H,37,41)(H2,36,38,42)/t24?,28-/m1/s1. The van der Waals surface area contributed by atoms with E-state index in [4.69, 9.17) is 5.73 Å². The van der Waals surface area contributed by atoms with Crippen molar-refractivity contribution in [3.63, 3.8) is 0 Å². The fraction of sp³-hybridized carbons (Fsp3) is 0.500. The number of nitrogens with two attached hydrogens (primary N) is 1. The molecule has 2 saturated heterocycles. The van der Waals surface area contributed by atoms with E-state index in [9.17, 15) is 36.0 Å². The predicted octanol–water partition coefficient (Wildman–Crippen LogP) is 3.66. The molecular weight excluding hydrogens is 623 g/mol. The van der Waals surface area contributed by atoms with Crippen LogP contribution in [0.4, 0.5) is 13.2 Å². The molecule has 0 bridgehead atoms. The number of nitrogens with zero attached hydrogens (tertiary/aromatic N) is 3. The van der Waals surface area contributed by atoms with E-state index in [0.717, 1.165) is 23.3 Å². The number of sulfonamides is 1. The number of aryl methyl sites for hydroxylation is 2. The van der Waals surface area contributed by atoms with E-state index in [1.165, 1.54) is 23.4 Å². The Balaban J connectivity index is 1.34. The molecule has 2 aromatic rings. The summed E-state index contributed by atoms with van der Waals surface area (Å²) in [6.07, 6.45) is -1.82. The number of rotatable bonds is 8. The second-order valence-corrected chi connectivity index (χ2v) is 14.0. The van der Waals surface area contributed by atoms with Crippen LogP contribution in [0.2, 0.25) is 0 Å². The van der Waals surface area contributed by atoms with Gasteiger partial charge >= 0.3 is 6.18 Å². The topological polar surface area (TPSA) is 142 Å². The number of amides is 3. The van der Waals surface area contributed by atoms with Crippen LogP contribution in [-0.4, -0.2) is 79.2 Å². The molecule has 3 N–H and O–H groups in total. The first-order chi connectivity index (χ1) is 21.6. The van der Waals surface area contributed by atoms with Gasteiger partial charge in [-0.25, -0.2) is 12.7 Å². The molecule has 2 heterocycles. The number of carbonyl (C=O) groups is 3. The Labute approximate surface area is 267 Å². The van der Waals surface area contributed by atoms with E-state index in [-0.39, 0.29) is 54.4 Å². The molecule has 4 rings (SSSR count). The first-order valence-electron chi connectivity index (χ1n) is 15.3. The van der Waals surface area contributed by atoms with Crippen LogP contribution in [-0.2, 0) is 32.2 Å². The zero-order valence-corrected chi connectivity index (χ0v) is 26.8. The van der Waals surface area contributed by atoms with Gasteiger partial charge in [-0.3, -0.25) is 14.4 Å². The molecule has 2 fully saturated rings. The highest BCUT2D eigenvalue weighted by Gasteiger charge is 2.32. The van der Waals surface area contributed by atoms with Gasteiger partial charge in [0.2, 0.25) is 15.9 Å². The van der Waals surface area contributed by atoms with Gasteiger partial charge in [0, 0.05) is 56.2 Å². The van der Waals surface area contributed by atoms with Crippen LogP contribution in [0.3, 0.4) is 0 Å². The van der Waals surface area contributed by atoms with Crippen molar-refractivity contribution in [1.82, 2.24) is 14.5 Å². The van der Waals surface area contributed by atoms with Crippen LogP contribution < -0.4 is 11.1 Å². The number of hydrogen-bond acceptors (Lipinski definition) is 5. The molecule has 250 valence electrons. The normalized spacial score (nSPS) is 20.2. The van der Waals surface area contributed by atoms with Gasteiger partial charge in [0.1, 0.15) is 5.84 Å². The van der Waals surface area contributed by atoms with Crippen molar-refractivity contribution in [2.45, 2.75) is 64.6 Å². The minimum atomic E-state index is -4.57. The molecule has 10 nitrogen and oxygen atoms in total. The van der Waals surface area contributed by atoms with Crippen molar-refractivity contribution in [2.24, 2.45) is 16.6 Å². The maximum Gasteiger partial charge on any atom is 0.416 e. The number of carbonyl (C=O) groups excluding carboxylic acids is 3. The Bertz CT molecular complexity index is 1590. The van der Waals surface area contributed by atoms with Crippen LogP contribution in [0.5, 0.6) is 0 Å². The van der Waals surface area contributed by atoms with Crippen LogP contribution in [0, 0.1) is 12.8 Å². The lowest BCUT2D eigenvalue weighted by molar-refractivity contribution is -0.137. The number of aliphatic imine (C=N–C) groups is 1. The molecule has 46 heavy (non-hydrogen) atoms. The summed E-state index contributed by atoms with van der Waals surface area (Å²) in [6.45, 7) is 4.69. The van der Waals surface area contributed by atoms with E-state index in [1.807, 2.05) is 6.92 Å². The molecule has 0 radical (unpaired) electrons. The highest BCUT2D eigenvalue weighted by atomic mass is 32.2. The van der Waals surface area contributed by atoms with Crippen molar-refractivity contribution in [3.8, 4) is 0 Å². The van der Waals surface area contributed by atoms with Crippen molar-refractivity contribution in [3.05, 3.63) is 70.3 Å². The van der Waals surface area contributed by atoms with Crippen molar-refractivity contribution in [2.75, 3.05) is 31.9 Å². The van der Waals surface area contributed by atoms with Crippen molar-refractivity contribution in [1.29, 1.82) is 0 Å². The summed E-state index contributed by atoms with van der Waals surface area (Å²) in [5, 5.41) is 2.84. The molecule has 2 aliphatic rings. The third-order valence-electron chi connectivity index (χ3n) is 8.50. The van der Waals surface area contributed by atoms with Crippen LogP contribution in [0.25, 0.3) is 0 Å². The molecule has 2 aromatic carbocycles. The first-order valence-corrected chi connectivity index (χ1v) is 16.9. The smallest absolute Gasteiger partial charge is 0.383 e. The van der Waals surface area contributed by atoms with Crippen LogP contribution in [0.15, 0.2) is 47.5 Å². The average molecular weight is 664 g/mol. The zero-order chi connectivity index (χ0) is 33.6. The summed E-state index contributed by atoms with van der Waals surface area (Å²) in [5.74, 6) is -1.94. The molecule has 0 spiro atoms. The molecular formula is C32H40F3N5O5S. The lowest BCUT2D eigenvalue weighted by atomic mass is 9.96.